The molecular weight excluding hydrogens is 148 g/mol. The molecular formula is C11H16O. The van der Waals surface area contributed by atoms with Crippen LogP contribution in [0, 0.1) is 5.41 Å². The van der Waals surface area contributed by atoms with E-state index in [0.29, 0.717) is 6.42 Å². The summed E-state index contributed by atoms with van der Waals surface area (Å²) in [6.07, 6.45) is 7.09. The molecule has 0 spiro atoms. The highest BCUT2D eigenvalue weighted by Gasteiger charge is 2.15. The van der Waals surface area contributed by atoms with Crippen LogP contribution in [0.1, 0.15) is 20.3 Å². The minimum Gasteiger partial charge on any atom is -0.295 e. The molecule has 0 fully saturated rings. The van der Waals surface area contributed by atoms with E-state index in [4.69, 9.17) is 0 Å². The first-order valence-electron chi connectivity index (χ1n) is 3.97. The SMILES string of the molecule is C=C/C=C/C(=O)CC(C)(C)C=C. The summed E-state index contributed by atoms with van der Waals surface area (Å²) in [5, 5.41) is 0. The molecule has 0 N–H and O–H groups in total. The van der Waals surface area contributed by atoms with Crippen LogP contribution in [0.25, 0.3) is 0 Å². The molecule has 0 aliphatic rings. The Hall–Kier alpha value is -1.11. The van der Waals surface area contributed by atoms with Gasteiger partial charge >= 0.3 is 0 Å². The minimum atomic E-state index is -0.109. The van der Waals surface area contributed by atoms with E-state index in [1.807, 2.05) is 13.8 Å². The molecule has 66 valence electrons. The normalized spacial score (nSPS) is 11.5. The van der Waals surface area contributed by atoms with E-state index in [2.05, 4.69) is 13.2 Å². The summed E-state index contributed by atoms with van der Waals surface area (Å²) in [5.41, 5.74) is -0.109. The molecule has 12 heavy (non-hydrogen) atoms. The van der Waals surface area contributed by atoms with Crippen LogP contribution in [-0.2, 0) is 4.79 Å². The standard InChI is InChI=1S/C11H16O/c1-5-7-8-10(12)9-11(3,4)6-2/h5-8H,1-2,9H2,3-4H3/b8-7+. The van der Waals surface area contributed by atoms with Crippen molar-refractivity contribution in [1.82, 2.24) is 0 Å². The summed E-state index contributed by atoms with van der Waals surface area (Å²) in [6, 6.07) is 0. The molecule has 0 aliphatic heterocycles. The van der Waals surface area contributed by atoms with Gasteiger partial charge in [-0.05, 0) is 11.5 Å². The summed E-state index contributed by atoms with van der Waals surface area (Å²) in [5.74, 6) is 0.111. The summed E-state index contributed by atoms with van der Waals surface area (Å²) in [6.45, 7) is 11.1. The molecule has 0 radical (unpaired) electrons. The number of carbonyl (C=O) groups excluding carboxylic acids is 1. The second-order valence-corrected chi connectivity index (χ2v) is 3.43. The molecule has 0 saturated heterocycles. The van der Waals surface area contributed by atoms with Gasteiger partial charge in [-0.15, -0.1) is 6.58 Å². The van der Waals surface area contributed by atoms with Crippen molar-refractivity contribution < 1.29 is 4.79 Å². The second kappa shape index (κ2) is 4.70. The first-order chi connectivity index (χ1) is 5.52. The third-order valence-electron chi connectivity index (χ3n) is 1.60. The number of ketones is 1. The van der Waals surface area contributed by atoms with Crippen LogP contribution < -0.4 is 0 Å². The Balaban J connectivity index is 4.09. The minimum absolute atomic E-state index is 0.109. The van der Waals surface area contributed by atoms with E-state index in [-0.39, 0.29) is 11.2 Å². The summed E-state index contributed by atoms with van der Waals surface area (Å²) in [4.78, 5) is 11.2. The Morgan fingerprint density at radius 1 is 1.42 bits per heavy atom. The maximum Gasteiger partial charge on any atom is 0.156 e. The number of hydrogen-bond donors (Lipinski definition) is 0. The van der Waals surface area contributed by atoms with Crippen molar-refractivity contribution in [2.45, 2.75) is 20.3 Å². The number of carbonyl (C=O) groups is 1. The number of allylic oxidation sites excluding steroid dienone is 4. The lowest BCUT2D eigenvalue weighted by atomic mass is 9.87. The van der Waals surface area contributed by atoms with Crippen molar-refractivity contribution in [2.24, 2.45) is 5.41 Å². The van der Waals surface area contributed by atoms with Crippen molar-refractivity contribution in [3.05, 3.63) is 37.5 Å². The molecule has 0 amide bonds. The van der Waals surface area contributed by atoms with Crippen LogP contribution in [0.5, 0.6) is 0 Å². The van der Waals surface area contributed by atoms with Gasteiger partial charge in [-0.1, -0.05) is 38.7 Å². The van der Waals surface area contributed by atoms with Crippen molar-refractivity contribution in [3.8, 4) is 0 Å². The zero-order valence-corrected chi connectivity index (χ0v) is 7.84. The second-order valence-electron chi connectivity index (χ2n) is 3.43. The molecule has 0 aliphatic carbocycles. The predicted molar refractivity (Wildman–Crippen MR) is 52.9 cm³/mol. The zero-order valence-electron chi connectivity index (χ0n) is 7.84. The van der Waals surface area contributed by atoms with E-state index in [0.717, 1.165) is 0 Å². The van der Waals surface area contributed by atoms with E-state index < -0.39 is 0 Å². The molecule has 0 aromatic carbocycles. The maximum absolute atomic E-state index is 11.2. The van der Waals surface area contributed by atoms with Gasteiger partial charge in [0.15, 0.2) is 5.78 Å². The molecule has 0 aromatic heterocycles. The van der Waals surface area contributed by atoms with Gasteiger partial charge in [0.05, 0.1) is 0 Å². The Morgan fingerprint density at radius 2 is 2.00 bits per heavy atom. The fourth-order valence-corrected chi connectivity index (χ4v) is 0.756. The van der Waals surface area contributed by atoms with Crippen LogP contribution in [-0.4, -0.2) is 5.78 Å². The Kier molecular flexibility index (Phi) is 4.27. The van der Waals surface area contributed by atoms with Crippen molar-refractivity contribution in [3.63, 3.8) is 0 Å². The fourth-order valence-electron chi connectivity index (χ4n) is 0.756. The molecule has 0 saturated carbocycles. The Labute approximate surface area is 74.5 Å². The smallest absolute Gasteiger partial charge is 0.156 e. The van der Waals surface area contributed by atoms with Gasteiger partial charge in [0, 0.05) is 6.42 Å². The average molecular weight is 164 g/mol. The number of hydrogen-bond acceptors (Lipinski definition) is 1. The molecule has 0 atom stereocenters. The third-order valence-corrected chi connectivity index (χ3v) is 1.60. The van der Waals surface area contributed by atoms with Crippen LogP contribution in [0.4, 0.5) is 0 Å². The first kappa shape index (κ1) is 10.9. The van der Waals surface area contributed by atoms with Crippen LogP contribution >= 0.6 is 0 Å². The largest absolute Gasteiger partial charge is 0.295 e. The molecule has 0 bridgehead atoms. The summed E-state index contributed by atoms with van der Waals surface area (Å²) < 4.78 is 0. The van der Waals surface area contributed by atoms with Gasteiger partial charge < -0.3 is 0 Å². The topological polar surface area (TPSA) is 17.1 Å². The third kappa shape index (κ3) is 4.67. The molecule has 0 unspecified atom stereocenters. The summed E-state index contributed by atoms with van der Waals surface area (Å²) >= 11 is 0. The highest BCUT2D eigenvalue weighted by Crippen LogP contribution is 2.21. The lowest BCUT2D eigenvalue weighted by Crippen LogP contribution is -2.12. The lowest BCUT2D eigenvalue weighted by Gasteiger charge is -2.16. The van der Waals surface area contributed by atoms with E-state index >= 15 is 0 Å². The Morgan fingerprint density at radius 3 is 2.42 bits per heavy atom. The van der Waals surface area contributed by atoms with Gasteiger partial charge in [-0.25, -0.2) is 0 Å². The average Bonchev–Trinajstić information content (AvgIpc) is 2.00. The van der Waals surface area contributed by atoms with Crippen LogP contribution in [0.2, 0.25) is 0 Å². The molecule has 0 aromatic rings. The van der Waals surface area contributed by atoms with E-state index in [1.165, 1.54) is 6.08 Å². The van der Waals surface area contributed by atoms with Crippen LogP contribution in [0.3, 0.4) is 0 Å². The molecule has 1 nitrogen and oxygen atoms in total. The monoisotopic (exact) mass is 164 g/mol. The quantitative estimate of drug-likeness (QED) is 0.347. The Bertz CT molecular complexity index is 209. The summed E-state index contributed by atoms with van der Waals surface area (Å²) in [7, 11) is 0. The van der Waals surface area contributed by atoms with Gasteiger partial charge in [0.25, 0.3) is 0 Å². The van der Waals surface area contributed by atoms with Gasteiger partial charge in [0.2, 0.25) is 0 Å². The van der Waals surface area contributed by atoms with Gasteiger partial charge in [0.1, 0.15) is 0 Å². The fraction of sp³-hybridized carbons (Fsp3) is 0.364. The predicted octanol–water partition coefficient (Wildman–Crippen LogP) is 2.90. The molecule has 0 heterocycles. The zero-order chi connectivity index (χ0) is 9.61. The first-order valence-corrected chi connectivity index (χ1v) is 3.97. The highest BCUT2D eigenvalue weighted by molar-refractivity contribution is 5.90. The molecule has 0 rings (SSSR count). The van der Waals surface area contributed by atoms with Gasteiger partial charge in [-0.3, -0.25) is 4.79 Å². The van der Waals surface area contributed by atoms with Gasteiger partial charge in [-0.2, -0.15) is 0 Å². The van der Waals surface area contributed by atoms with Crippen LogP contribution in [0.15, 0.2) is 37.5 Å². The number of rotatable bonds is 5. The van der Waals surface area contributed by atoms with Crippen molar-refractivity contribution >= 4 is 5.78 Å². The lowest BCUT2D eigenvalue weighted by molar-refractivity contribution is -0.115. The molecule has 1 heteroatoms. The van der Waals surface area contributed by atoms with E-state index in [1.54, 1.807) is 18.2 Å². The van der Waals surface area contributed by atoms with Crippen molar-refractivity contribution in [1.29, 1.82) is 0 Å². The highest BCUT2D eigenvalue weighted by atomic mass is 16.1. The van der Waals surface area contributed by atoms with E-state index in [9.17, 15) is 4.79 Å². The maximum atomic E-state index is 11.2. The van der Waals surface area contributed by atoms with Crippen molar-refractivity contribution in [2.75, 3.05) is 0 Å².